The van der Waals surface area contributed by atoms with Gasteiger partial charge in [0, 0.05) is 19.6 Å². The third-order valence-corrected chi connectivity index (χ3v) is 3.73. The van der Waals surface area contributed by atoms with Crippen LogP contribution in [0.15, 0.2) is 30.3 Å². The second kappa shape index (κ2) is 7.11. The first-order chi connectivity index (χ1) is 10.3. The molecule has 5 nitrogen and oxygen atoms in total. The largest absolute Gasteiger partial charge is 0.442 e. The summed E-state index contributed by atoms with van der Waals surface area (Å²) >= 11 is 0. The maximum atomic E-state index is 11.9. The molecule has 0 saturated carbocycles. The fraction of sp³-hybridized carbons (Fsp3) is 0.588. The highest BCUT2D eigenvalue weighted by molar-refractivity contribution is 5.67. The van der Waals surface area contributed by atoms with Crippen LogP contribution in [0.4, 0.5) is 4.79 Å². The Morgan fingerprint density at radius 3 is 2.41 bits per heavy atom. The zero-order valence-electron chi connectivity index (χ0n) is 13.7. The maximum absolute atomic E-state index is 11.9. The van der Waals surface area contributed by atoms with E-state index < -0.39 is 11.7 Å². The van der Waals surface area contributed by atoms with Crippen molar-refractivity contribution < 1.29 is 14.7 Å². The van der Waals surface area contributed by atoms with Gasteiger partial charge in [-0.2, -0.15) is 5.06 Å². The number of piperidine rings is 1. The number of rotatable bonds is 3. The fourth-order valence-corrected chi connectivity index (χ4v) is 2.62. The van der Waals surface area contributed by atoms with E-state index in [1.54, 1.807) is 20.8 Å². The Kier molecular flexibility index (Phi) is 5.42. The predicted molar refractivity (Wildman–Crippen MR) is 84.6 cm³/mol. The van der Waals surface area contributed by atoms with Crippen LogP contribution in [0.5, 0.6) is 0 Å². The van der Waals surface area contributed by atoms with Gasteiger partial charge in [-0.05, 0) is 39.2 Å². The second-order valence-corrected chi connectivity index (χ2v) is 6.82. The summed E-state index contributed by atoms with van der Waals surface area (Å²) in [4.78, 5) is 14.2. The monoisotopic (exact) mass is 306 g/mol. The molecule has 1 saturated heterocycles. The highest BCUT2D eigenvalue weighted by Gasteiger charge is 2.30. The van der Waals surface area contributed by atoms with Gasteiger partial charge < -0.3 is 4.74 Å². The number of hydrogen-bond acceptors (Lipinski definition) is 4. The van der Waals surface area contributed by atoms with Crippen molar-refractivity contribution >= 4 is 6.09 Å². The summed E-state index contributed by atoms with van der Waals surface area (Å²) in [5.41, 5.74) is 0.695. The summed E-state index contributed by atoms with van der Waals surface area (Å²) in [5, 5.41) is 10.8. The molecule has 1 heterocycles. The van der Waals surface area contributed by atoms with Crippen molar-refractivity contribution in [2.45, 2.75) is 51.8 Å². The third-order valence-electron chi connectivity index (χ3n) is 3.73. The topological polar surface area (TPSA) is 53.0 Å². The Bertz CT molecular complexity index is 476. The van der Waals surface area contributed by atoms with Crippen LogP contribution in [0.1, 0.15) is 39.2 Å². The Hall–Kier alpha value is -1.59. The molecular weight excluding hydrogens is 280 g/mol. The number of amides is 1. The molecule has 0 radical (unpaired) electrons. The van der Waals surface area contributed by atoms with Gasteiger partial charge in [0.2, 0.25) is 0 Å². The van der Waals surface area contributed by atoms with E-state index in [2.05, 4.69) is 17.0 Å². The molecule has 1 aliphatic rings. The number of likely N-dealkylation sites (tertiary alicyclic amines) is 1. The average molecular weight is 306 g/mol. The molecule has 1 aliphatic heterocycles. The molecule has 0 bridgehead atoms. The van der Waals surface area contributed by atoms with Gasteiger partial charge in [0.05, 0.1) is 6.04 Å². The van der Waals surface area contributed by atoms with Gasteiger partial charge in [-0.25, -0.2) is 4.79 Å². The lowest BCUT2D eigenvalue weighted by molar-refractivity contribution is -0.130. The molecule has 1 N–H and O–H groups in total. The van der Waals surface area contributed by atoms with Gasteiger partial charge in [-0.15, -0.1) is 0 Å². The number of carbonyl (C=O) groups excluding carboxylic acids is 1. The van der Waals surface area contributed by atoms with Crippen molar-refractivity contribution in [1.29, 1.82) is 0 Å². The number of hydrogen-bond donors (Lipinski definition) is 1. The zero-order valence-corrected chi connectivity index (χ0v) is 13.7. The minimum absolute atomic E-state index is 0.165. The number of nitrogens with zero attached hydrogens (tertiary/aromatic N) is 2. The van der Waals surface area contributed by atoms with Crippen LogP contribution < -0.4 is 0 Å². The summed E-state index contributed by atoms with van der Waals surface area (Å²) < 4.78 is 5.20. The summed E-state index contributed by atoms with van der Waals surface area (Å²) in [6.07, 6.45) is 0.847. The van der Waals surface area contributed by atoms with E-state index in [0.717, 1.165) is 37.5 Å². The van der Waals surface area contributed by atoms with Gasteiger partial charge >= 0.3 is 6.09 Å². The molecule has 1 fully saturated rings. The van der Waals surface area contributed by atoms with Crippen molar-refractivity contribution in [1.82, 2.24) is 9.96 Å². The van der Waals surface area contributed by atoms with E-state index >= 15 is 0 Å². The van der Waals surface area contributed by atoms with Crippen molar-refractivity contribution in [2.24, 2.45) is 0 Å². The van der Waals surface area contributed by atoms with Crippen LogP contribution in [-0.2, 0) is 11.3 Å². The smallest absolute Gasteiger partial charge is 0.434 e. The highest BCUT2D eigenvalue weighted by atomic mass is 16.6. The molecule has 1 amide bonds. The summed E-state index contributed by atoms with van der Waals surface area (Å²) in [6.45, 7) is 8.01. The van der Waals surface area contributed by atoms with Crippen molar-refractivity contribution in [3.8, 4) is 0 Å². The number of ether oxygens (including phenoxy) is 1. The van der Waals surface area contributed by atoms with Crippen LogP contribution in [0, 0.1) is 0 Å². The van der Waals surface area contributed by atoms with Crippen molar-refractivity contribution in [3.63, 3.8) is 0 Å². The zero-order chi connectivity index (χ0) is 16.2. The van der Waals surface area contributed by atoms with Crippen molar-refractivity contribution in [2.75, 3.05) is 13.1 Å². The minimum Gasteiger partial charge on any atom is -0.442 e. The molecule has 0 spiro atoms. The van der Waals surface area contributed by atoms with Gasteiger partial charge in [-0.3, -0.25) is 10.1 Å². The Balaban J connectivity index is 1.80. The lowest BCUT2D eigenvalue weighted by Gasteiger charge is -2.35. The summed E-state index contributed by atoms with van der Waals surface area (Å²) in [6, 6.07) is 10.2. The number of hydroxylamine groups is 2. The second-order valence-electron chi connectivity index (χ2n) is 6.82. The van der Waals surface area contributed by atoms with E-state index in [1.165, 1.54) is 5.56 Å². The molecule has 2 rings (SSSR count). The molecule has 0 aliphatic carbocycles. The minimum atomic E-state index is -0.658. The lowest BCUT2D eigenvalue weighted by atomic mass is 10.0. The van der Waals surface area contributed by atoms with Crippen molar-refractivity contribution in [3.05, 3.63) is 35.9 Å². The Morgan fingerprint density at radius 1 is 1.27 bits per heavy atom. The first-order valence-corrected chi connectivity index (χ1v) is 7.82. The molecule has 1 aromatic rings. The Morgan fingerprint density at radius 2 is 1.86 bits per heavy atom. The highest BCUT2D eigenvalue weighted by Crippen LogP contribution is 2.19. The Labute approximate surface area is 132 Å². The maximum Gasteiger partial charge on any atom is 0.434 e. The van der Waals surface area contributed by atoms with E-state index in [0.29, 0.717) is 0 Å². The molecule has 122 valence electrons. The third kappa shape index (κ3) is 5.00. The molecule has 1 aromatic carbocycles. The van der Waals surface area contributed by atoms with Crippen LogP contribution >= 0.6 is 0 Å². The SMILES string of the molecule is CC(C)(C)OC(=O)N(O)C1CCN(Cc2ccccc2)CC1. The number of benzene rings is 1. The number of carbonyl (C=O) groups is 1. The lowest BCUT2D eigenvalue weighted by Crippen LogP contribution is -2.47. The molecular formula is C17H26N2O3. The van der Waals surface area contributed by atoms with E-state index in [4.69, 9.17) is 4.74 Å². The summed E-state index contributed by atoms with van der Waals surface area (Å²) in [7, 11) is 0. The molecule has 5 heteroatoms. The van der Waals surface area contributed by atoms with E-state index in [9.17, 15) is 10.0 Å². The van der Waals surface area contributed by atoms with Gasteiger partial charge in [0.25, 0.3) is 0 Å². The van der Waals surface area contributed by atoms with E-state index in [-0.39, 0.29) is 6.04 Å². The van der Waals surface area contributed by atoms with Crippen LogP contribution in [0.25, 0.3) is 0 Å². The fourth-order valence-electron chi connectivity index (χ4n) is 2.62. The first kappa shape index (κ1) is 16.8. The quantitative estimate of drug-likeness (QED) is 0.688. The van der Waals surface area contributed by atoms with Crippen LogP contribution in [0.3, 0.4) is 0 Å². The van der Waals surface area contributed by atoms with Crippen LogP contribution in [-0.4, -0.2) is 46.0 Å². The predicted octanol–water partition coefficient (Wildman–Crippen LogP) is 3.28. The normalized spacial score (nSPS) is 17.3. The molecule has 0 atom stereocenters. The van der Waals surface area contributed by atoms with E-state index in [1.807, 2.05) is 18.2 Å². The van der Waals surface area contributed by atoms with Gasteiger partial charge in [0.1, 0.15) is 5.60 Å². The molecule has 22 heavy (non-hydrogen) atoms. The van der Waals surface area contributed by atoms with Crippen LogP contribution in [0.2, 0.25) is 0 Å². The van der Waals surface area contributed by atoms with Gasteiger partial charge in [-0.1, -0.05) is 30.3 Å². The molecule has 0 aromatic heterocycles. The average Bonchev–Trinajstić information content (AvgIpc) is 2.46. The molecule has 0 unspecified atom stereocenters. The summed E-state index contributed by atoms with van der Waals surface area (Å²) in [5.74, 6) is 0. The first-order valence-electron chi connectivity index (χ1n) is 7.82. The van der Waals surface area contributed by atoms with Gasteiger partial charge in [0.15, 0.2) is 0 Å². The standard InChI is InChI=1S/C17H26N2O3/c1-17(2,3)22-16(20)19(21)15-9-11-18(12-10-15)13-14-7-5-4-6-8-14/h4-8,15,21H,9-13H2,1-3H3.